The number of rotatable bonds is 6. The van der Waals surface area contributed by atoms with Gasteiger partial charge in [-0.05, 0) is 11.8 Å². The number of hydrogen-bond donors (Lipinski definition) is 1. The largest absolute Gasteiger partial charge is 0.477 e. The van der Waals surface area contributed by atoms with Crippen molar-refractivity contribution in [1.29, 1.82) is 0 Å². The number of methoxy groups -OCH3 is 1. The van der Waals surface area contributed by atoms with Gasteiger partial charge >= 0.3 is 5.97 Å². The molecule has 0 saturated heterocycles. The van der Waals surface area contributed by atoms with Crippen LogP contribution in [-0.2, 0) is 11.3 Å². The second-order valence-electron chi connectivity index (χ2n) is 5.08. The molecule has 0 aliphatic rings. The van der Waals surface area contributed by atoms with E-state index in [4.69, 9.17) is 4.74 Å². The molecule has 0 amide bonds. The summed E-state index contributed by atoms with van der Waals surface area (Å²) in [6, 6.07) is 0. The Bertz CT molecular complexity index is 404. The molecule has 1 aromatic heterocycles. The minimum atomic E-state index is -0.919. The van der Waals surface area contributed by atoms with Crippen LogP contribution in [0.2, 0.25) is 0 Å². The van der Waals surface area contributed by atoms with Crippen LogP contribution in [-0.4, -0.2) is 23.2 Å². The zero-order valence-electron chi connectivity index (χ0n) is 11.6. The van der Waals surface area contributed by atoms with Crippen LogP contribution >= 0.6 is 11.3 Å². The molecule has 5 heteroatoms. The maximum Gasteiger partial charge on any atom is 0.347 e. The molecular weight excluding hydrogens is 250 g/mol. The molecule has 0 aliphatic heterocycles. The van der Waals surface area contributed by atoms with E-state index in [9.17, 15) is 9.90 Å². The quantitative estimate of drug-likeness (QED) is 0.861. The first kappa shape index (κ1) is 15.1. The molecule has 1 N–H and O–H groups in total. The maximum atomic E-state index is 11.2. The molecule has 1 heterocycles. The molecule has 0 spiro atoms. The van der Waals surface area contributed by atoms with Crippen molar-refractivity contribution in [2.45, 2.75) is 40.2 Å². The Hall–Kier alpha value is -0.940. The van der Waals surface area contributed by atoms with Crippen molar-refractivity contribution in [3.05, 3.63) is 15.6 Å². The highest BCUT2D eigenvalue weighted by atomic mass is 32.1. The lowest BCUT2D eigenvalue weighted by molar-refractivity contribution is 0.0697. The lowest BCUT2D eigenvalue weighted by Crippen LogP contribution is -2.13. The molecule has 4 nitrogen and oxygen atoms in total. The van der Waals surface area contributed by atoms with Gasteiger partial charge in [-0.15, -0.1) is 11.3 Å². The van der Waals surface area contributed by atoms with Gasteiger partial charge in [0.25, 0.3) is 0 Å². The number of aromatic nitrogens is 1. The fourth-order valence-corrected chi connectivity index (χ4v) is 3.61. The van der Waals surface area contributed by atoms with Crippen molar-refractivity contribution in [2.24, 2.45) is 11.8 Å². The van der Waals surface area contributed by atoms with Gasteiger partial charge in [0.1, 0.15) is 4.88 Å². The molecule has 0 atom stereocenters. The first-order valence-electron chi connectivity index (χ1n) is 6.10. The van der Waals surface area contributed by atoms with E-state index in [1.807, 2.05) is 0 Å². The Morgan fingerprint density at radius 3 is 2.28 bits per heavy atom. The third kappa shape index (κ3) is 3.29. The highest BCUT2D eigenvalue weighted by Gasteiger charge is 2.26. The lowest BCUT2D eigenvalue weighted by atomic mass is 9.86. The predicted octanol–water partition coefficient (Wildman–Crippen LogP) is 3.38. The molecule has 0 aromatic carbocycles. The summed E-state index contributed by atoms with van der Waals surface area (Å²) < 4.78 is 5.01. The Kier molecular flexibility index (Phi) is 5.28. The number of aromatic carboxylic acids is 1. The molecule has 0 unspecified atom stereocenters. The highest BCUT2D eigenvalue weighted by molar-refractivity contribution is 7.13. The summed E-state index contributed by atoms with van der Waals surface area (Å²) in [6.07, 6.45) is 0. The summed E-state index contributed by atoms with van der Waals surface area (Å²) in [7, 11) is 1.55. The summed E-state index contributed by atoms with van der Waals surface area (Å²) in [5.41, 5.74) is 0.538. The van der Waals surface area contributed by atoms with Gasteiger partial charge < -0.3 is 9.84 Å². The summed E-state index contributed by atoms with van der Waals surface area (Å²) in [5.74, 6) is 0.247. The summed E-state index contributed by atoms with van der Waals surface area (Å²) in [4.78, 5) is 16.0. The van der Waals surface area contributed by atoms with Gasteiger partial charge in [0.05, 0.1) is 17.3 Å². The summed E-state index contributed by atoms with van der Waals surface area (Å²) in [6.45, 7) is 8.82. The molecule has 1 aromatic rings. The maximum absolute atomic E-state index is 11.2. The van der Waals surface area contributed by atoms with Gasteiger partial charge in [0.15, 0.2) is 0 Å². The zero-order valence-corrected chi connectivity index (χ0v) is 12.4. The van der Waals surface area contributed by atoms with Crippen LogP contribution in [0.15, 0.2) is 0 Å². The van der Waals surface area contributed by atoms with Crippen molar-refractivity contribution >= 4 is 17.3 Å². The normalized spacial score (nSPS) is 11.8. The van der Waals surface area contributed by atoms with Gasteiger partial charge in [-0.3, -0.25) is 0 Å². The Morgan fingerprint density at radius 1 is 1.33 bits per heavy atom. The zero-order chi connectivity index (χ0) is 13.9. The number of carbonyl (C=O) groups is 1. The van der Waals surface area contributed by atoms with Gasteiger partial charge in [-0.25, -0.2) is 9.78 Å². The first-order chi connectivity index (χ1) is 8.38. The second kappa shape index (κ2) is 6.29. The van der Waals surface area contributed by atoms with Crippen LogP contribution in [0.1, 0.15) is 54.0 Å². The van der Waals surface area contributed by atoms with E-state index in [1.54, 1.807) is 7.11 Å². The van der Waals surface area contributed by atoms with E-state index in [2.05, 4.69) is 32.7 Å². The van der Waals surface area contributed by atoms with Crippen molar-refractivity contribution in [2.75, 3.05) is 7.11 Å². The lowest BCUT2D eigenvalue weighted by Gasteiger charge is -2.22. The average Bonchev–Trinajstić information content (AvgIpc) is 2.61. The third-order valence-corrected chi connectivity index (χ3v) is 4.10. The first-order valence-corrected chi connectivity index (χ1v) is 6.91. The number of nitrogens with zero attached hydrogens (tertiary/aromatic N) is 1. The van der Waals surface area contributed by atoms with Crippen LogP contribution in [0.4, 0.5) is 0 Å². The Morgan fingerprint density at radius 2 is 1.89 bits per heavy atom. The van der Waals surface area contributed by atoms with E-state index in [1.165, 1.54) is 11.3 Å². The van der Waals surface area contributed by atoms with Crippen molar-refractivity contribution < 1.29 is 14.6 Å². The fourth-order valence-electron chi connectivity index (χ4n) is 2.25. The third-order valence-electron chi connectivity index (χ3n) is 2.91. The predicted molar refractivity (Wildman–Crippen MR) is 72.2 cm³/mol. The molecular formula is C13H21NO3S. The summed E-state index contributed by atoms with van der Waals surface area (Å²) in [5, 5.41) is 10.1. The van der Waals surface area contributed by atoms with E-state index in [-0.39, 0.29) is 6.61 Å². The van der Waals surface area contributed by atoms with E-state index in [0.29, 0.717) is 28.3 Å². The Balaban J connectivity index is 3.16. The molecule has 1 rings (SSSR count). The second-order valence-corrected chi connectivity index (χ2v) is 6.11. The molecule has 0 aliphatic carbocycles. The van der Waals surface area contributed by atoms with Crippen LogP contribution in [0.3, 0.4) is 0 Å². The SMILES string of the molecule is COCc1nc(C(C(C)C)C(C)C)sc1C(=O)O. The summed E-state index contributed by atoms with van der Waals surface area (Å²) >= 11 is 1.28. The van der Waals surface area contributed by atoms with Crippen molar-refractivity contribution in [3.8, 4) is 0 Å². The van der Waals surface area contributed by atoms with Crippen molar-refractivity contribution in [1.82, 2.24) is 4.98 Å². The van der Waals surface area contributed by atoms with Crippen LogP contribution in [0.5, 0.6) is 0 Å². The molecule has 18 heavy (non-hydrogen) atoms. The van der Waals surface area contributed by atoms with Crippen LogP contribution in [0.25, 0.3) is 0 Å². The number of thiazole rings is 1. The number of carboxylic acids is 1. The Labute approximate surface area is 112 Å². The molecule has 0 fully saturated rings. The number of carboxylic acid groups (broad SMARTS) is 1. The van der Waals surface area contributed by atoms with Gasteiger partial charge in [0, 0.05) is 13.0 Å². The fraction of sp³-hybridized carbons (Fsp3) is 0.692. The molecule has 0 radical (unpaired) electrons. The van der Waals surface area contributed by atoms with Gasteiger partial charge in [-0.2, -0.15) is 0 Å². The number of hydrogen-bond acceptors (Lipinski definition) is 4. The van der Waals surface area contributed by atoms with E-state index >= 15 is 0 Å². The highest BCUT2D eigenvalue weighted by Crippen LogP contribution is 2.35. The standard InChI is InChI=1S/C13H21NO3S/c1-7(2)10(8(3)4)12-14-9(6-17-5)11(18-12)13(15)16/h7-8,10H,6H2,1-5H3,(H,15,16). The minimum Gasteiger partial charge on any atom is -0.477 e. The molecule has 0 saturated carbocycles. The van der Waals surface area contributed by atoms with Crippen LogP contribution < -0.4 is 0 Å². The van der Waals surface area contributed by atoms with E-state index < -0.39 is 5.97 Å². The van der Waals surface area contributed by atoms with Crippen LogP contribution in [0, 0.1) is 11.8 Å². The number of ether oxygens (including phenoxy) is 1. The minimum absolute atomic E-state index is 0.251. The monoisotopic (exact) mass is 271 g/mol. The topological polar surface area (TPSA) is 59.4 Å². The van der Waals surface area contributed by atoms with Gasteiger partial charge in [-0.1, -0.05) is 27.7 Å². The van der Waals surface area contributed by atoms with E-state index in [0.717, 1.165) is 5.01 Å². The molecule has 0 bridgehead atoms. The average molecular weight is 271 g/mol. The molecule has 102 valence electrons. The van der Waals surface area contributed by atoms with Gasteiger partial charge in [0.2, 0.25) is 0 Å². The smallest absolute Gasteiger partial charge is 0.347 e. The van der Waals surface area contributed by atoms with Crippen molar-refractivity contribution in [3.63, 3.8) is 0 Å².